The summed E-state index contributed by atoms with van der Waals surface area (Å²) in [5.41, 5.74) is 0. The lowest BCUT2D eigenvalue weighted by Crippen LogP contribution is -2.13. The molecular formula is C7H13ClO2. The molecule has 0 aromatic carbocycles. The van der Waals surface area contributed by atoms with Crippen molar-refractivity contribution in [2.24, 2.45) is 11.8 Å². The number of hydrogen-bond donors (Lipinski definition) is 1. The van der Waals surface area contributed by atoms with E-state index in [1.165, 1.54) is 0 Å². The third-order valence-electron chi connectivity index (χ3n) is 1.71. The Morgan fingerprint density at radius 3 is 2.30 bits per heavy atom. The fraction of sp³-hybridized carbons (Fsp3) is 0.857. The Hall–Kier alpha value is -0.240. The molecule has 0 aliphatic heterocycles. The average Bonchev–Trinajstić information content (AvgIpc) is 1.85. The van der Waals surface area contributed by atoms with Crippen molar-refractivity contribution in [3.05, 3.63) is 0 Å². The van der Waals surface area contributed by atoms with Crippen molar-refractivity contribution in [1.29, 1.82) is 0 Å². The van der Waals surface area contributed by atoms with E-state index in [2.05, 4.69) is 0 Å². The van der Waals surface area contributed by atoms with Crippen molar-refractivity contribution < 1.29 is 9.90 Å². The van der Waals surface area contributed by atoms with E-state index in [9.17, 15) is 4.79 Å². The summed E-state index contributed by atoms with van der Waals surface area (Å²) in [6.45, 7) is 3.86. The van der Waals surface area contributed by atoms with E-state index in [1.54, 1.807) is 0 Å². The number of carboxylic acid groups (broad SMARTS) is 1. The van der Waals surface area contributed by atoms with Gasteiger partial charge in [0, 0.05) is 12.3 Å². The maximum atomic E-state index is 10.2. The van der Waals surface area contributed by atoms with E-state index in [4.69, 9.17) is 16.7 Å². The molecule has 0 amide bonds. The van der Waals surface area contributed by atoms with Crippen molar-refractivity contribution in [3.63, 3.8) is 0 Å². The molecule has 0 aliphatic carbocycles. The number of carboxylic acids is 1. The van der Waals surface area contributed by atoms with E-state index in [0.717, 1.165) is 0 Å². The Kier molecular flexibility index (Phi) is 4.45. The lowest BCUT2D eigenvalue weighted by molar-refractivity contribution is -0.138. The van der Waals surface area contributed by atoms with Gasteiger partial charge in [-0.15, -0.1) is 11.6 Å². The van der Waals surface area contributed by atoms with Crippen molar-refractivity contribution in [2.45, 2.75) is 20.3 Å². The predicted octanol–water partition coefficient (Wildman–Crippen LogP) is 1.97. The van der Waals surface area contributed by atoms with Crippen LogP contribution in [0.2, 0.25) is 0 Å². The highest BCUT2D eigenvalue weighted by molar-refractivity contribution is 6.18. The minimum atomic E-state index is -0.746. The first-order valence-electron chi connectivity index (χ1n) is 3.35. The molecule has 0 fully saturated rings. The number of hydrogen-bond acceptors (Lipinski definition) is 1. The van der Waals surface area contributed by atoms with Gasteiger partial charge in [0.15, 0.2) is 0 Å². The van der Waals surface area contributed by atoms with E-state index in [1.807, 2.05) is 13.8 Å². The number of carbonyl (C=O) groups is 1. The lowest BCUT2D eigenvalue weighted by Gasteiger charge is -2.13. The molecule has 0 bridgehead atoms. The molecule has 0 aromatic rings. The van der Waals surface area contributed by atoms with Crippen molar-refractivity contribution in [1.82, 2.24) is 0 Å². The highest BCUT2D eigenvalue weighted by Gasteiger charge is 2.13. The maximum absolute atomic E-state index is 10.2. The Bertz CT molecular complexity index is 114. The van der Waals surface area contributed by atoms with Crippen LogP contribution in [-0.2, 0) is 4.79 Å². The van der Waals surface area contributed by atoms with Crippen LogP contribution >= 0.6 is 11.6 Å². The molecule has 0 saturated carbocycles. The van der Waals surface area contributed by atoms with Crippen LogP contribution < -0.4 is 0 Å². The fourth-order valence-electron chi connectivity index (χ4n) is 0.629. The fourth-order valence-corrected chi connectivity index (χ4v) is 0.933. The molecule has 2 atom stereocenters. The summed E-state index contributed by atoms with van der Waals surface area (Å²) in [6.07, 6.45) is 0.216. The van der Waals surface area contributed by atoms with E-state index < -0.39 is 5.97 Å². The van der Waals surface area contributed by atoms with Gasteiger partial charge in [-0.05, 0) is 11.8 Å². The molecule has 2 nitrogen and oxygen atoms in total. The van der Waals surface area contributed by atoms with Gasteiger partial charge in [-0.3, -0.25) is 4.79 Å². The van der Waals surface area contributed by atoms with Crippen LogP contribution in [-0.4, -0.2) is 17.0 Å². The minimum absolute atomic E-state index is 0.176. The average molecular weight is 165 g/mol. The minimum Gasteiger partial charge on any atom is -0.481 e. The van der Waals surface area contributed by atoms with Gasteiger partial charge in [0.25, 0.3) is 0 Å². The van der Waals surface area contributed by atoms with Gasteiger partial charge in [-0.1, -0.05) is 13.8 Å². The van der Waals surface area contributed by atoms with Gasteiger partial charge in [0.1, 0.15) is 0 Å². The first kappa shape index (κ1) is 9.76. The number of rotatable bonds is 4. The zero-order valence-electron chi connectivity index (χ0n) is 6.30. The Morgan fingerprint density at radius 2 is 2.00 bits per heavy atom. The Balaban J connectivity index is 3.61. The summed E-state index contributed by atoms with van der Waals surface area (Å²) in [5, 5.41) is 8.39. The van der Waals surface area contributed by atoms with E-state index in [0.29, 0.717) is 5.88 Å². The number of alkyl halides is 1. The largest absolute Gasteiger partial charge is 0.481 e. The summed E-state index contributed by atoms with van der Waals surface area (Å²) in [7, 11) is 0. The normalized spacial score (nSPS) is 16.3. The third-order valence-corrected chi connectivity index (χ3v) is 2.20. The van der Waals surface area contributed by atoms with Crippen molar-refractivity contribution >= 4 is 17.6 Å². The molecule has 2 unspecified atom stereocenters. The van der Waals surface area contributed by atoms with Crippen LogP contribution in [0.4, 0.5) is 0 Å². The SMILES string of the molecule is CC(CCl)C(C)CC(=O)O. The molecule has 0 radical (unpaired) electrons. The van der Waals surface area contributed by atoms with Crippen LogP contribution in [0.25, 0.3) is 0 Å². The number of aliphatic carboxylic acids is 1. The topological polar surface area (TPSA) is 37.3 Å². The molecule has 60 valence electrons. The monoisotopic (exact) mass is 164 g/mol. The summed E-state index contributed by atoms with van der Waals surface area (Å²) in [4.78, 5) is 10.2. The zero-order valence-corrected chi connectivity index (χ0v) is 7.06. The molecule has 0 rings (SSSR count). The molecule has 0 saturated heterocycles. The second-order valence-corrected chi connectivity index (χ2v) is 3.02. The first-order chi connectivity index (χ1) is 4.57. The highest BCUT2D eigenvalue weighted by Crippen LogP contribution is 2.15. The van der Waals surface area contributed by atoms with Gasteiger partial charge < -0.3 is 5.11 Å². The standard InChI is InChI=1S/C7H13ClO2/c1-5(3-7(9)10)6(2)4-8/h5-6H,3-4H2,1-2H3,(H,9,10). The van der Waals surface area contributed by atoms with Gasteiger partial charge in [-0.25, -0.2) is 0 Å². The lowest BCUT2D eigenvalue weighted by atomic mass is 9.95. The second-order valence-electron chi connectivity index (χ2n) is 2.71. The van der Waals surface area contributed by atoms with Gasteiger partial charge in [-0.2, -0.15) is 0 Å². The summed E-state index contributed by atoms with van der Waals surface area (Å²) >= 11 is 5.54. The Morgan fingerprint density at radius 1 is 1.50 bits per heavy atom. The van der Waals surface area contributed by atoms with Gasteiger partial charge in [0.05, 0.1) is 0 Å². The first-order valence-corrected chi connectivity index (χ1v) is 3.89. The molecule has 3 heteroatoms. The summed E-state index contributed by atoms with van der Waals surface area (Å²) in [6, 6.07) is 0. The van der Waals surface area contributed by atoms with Crippen LogP contribution in [0.1, 0.15) is 20.3 Å². The molecule has 0 heterocycles. The van der Waals surface area contributed by atoms with Gasteiger partial charge in [0.2, 0.25) is 0 Å². The van der Waals surface area contributed by atoms with Crippen LogP contribution in [0.3, 0.4) is 0 Å². The zero-order chi connectivity index (χ0) is 8.15. The molecule has 10 heavy (non-hydrogen) atoms. The third kappa shape index (κ3) is 3.72. The quantitative estimate of drug-likeness (QED) is 0.646. The highest BCUT2D eigenvalue weighted by atomic mass is 35.5. The number of halogens is 1. The van der Waals surface area contributed by atoms with Crippen molar-refractivity contribution in [3.8, 4) is 0 Å². The van der Waals surface area contributed by atoms with Crippen molar-refractivity contribution in [2.75, 3.05) is 5.88 Å². The Labute approximate surface area is 66.2 Å². The van der Waals surface area contributed by atoms with Gasteiger partial charge >= 0.3 is 5.97 Å². The maximum Gasteiger partial charge on any atom is 0.303 e. The second kappa shape index (κ2) is 4.56. The smallest absolute Gasteiger partial charge is 0.303 e. The molecule has 1 N–H and O–H groups in total. The predicted molar refractivity (Wildman–Crippen MR) is 41.3 cm³/mol. The van der Waals surface area contributed by atoms with E-state index in [-0.39, 0.29) is 18.3 Å². The summed E-state index contributed by atoms with van der Waals surface area (Å²) in [5.74, 6) is 0.256. The molecule has 0 spiro atoms. The molecular weight excluding hydrogens is 152 g/mol. The van der Waals surface area contributed by atoms with Crippen LogP contribution in [0.15, 0.2) is 0 Å². The molecule has 0 aliphatic rings. The molecule has 0 aromatic heterocycles. The van der Waals surface area contributed by atoms with Crippen LogP contribution in [0, 0.1) is 11.8 Å². The summed E-state index contributed by atoms with van der Waals surface area (Å²) < 4.78 is 0. The van der Waals surface area contributed by atoms with Crippen LogP contribution in [0.5, 0.6) is 0 Å². The van der Waals surface area contributed by atoms with E-state index >= 15 is 0 Å².